The van der Waals surface area contributed by atoms with Crippen molar-refractivity contribution in [3.63, 3.8) is 0 Å². The summed E-state index contributed by atoms with van der Waals surface area (Å²) in [5.74, 6) is 0.239. The molecule has 2 aromatic rings. The topological polar surface area (TPSA) is 107 Å². The summed E-state index contributed by atoms with van der Waals surface area (Å²) in [6, 6.07) is 6.37. The molecule has 2 heterocycles. The van der Waals surface area contributed by atoms with Crippen molar-refractivity contribution in [1.82, 2.24) is 20.2 Å². The molecule has 8 nitrogen and oxygen atoms in total. The van der Waals surface area contributed by atoms with Crippen LogP contribution in [0.2, 0.25) is 0 Å². The Morgan fingerprint density at radius 2 is 1.89 bits per heavy atom. The van der Waals surface area contributed by atoms with Crippen molar-refractivity contribution in [2.75, 3.05) is 11.9 Å². The van der Waals surface area contributed by atoms with Crippen molar-refractivity contribution in [2.45, 2.75) is 77.3 Å². The van der Waals surface area contributed by atoms with Gasteiger partial charge in [0.05, 0.1) is 5.69 Å². The minimum absolute atomic E-state index is 0.0796. The van der Waals surface area contributed by atoms with Gasteiger partial charge in [0.15, 0.2) is 0 Å². The summed E-state index contributed by atoms with van der Waals surface area (Å²) in [6.45, 7) is 4.39. The van der Waals surface area contributed by atoms with Gasteiger partial charge in [-0.05, 0) is 50.2 Å². The highest BCUT2D eigenvalue weighted by molar-refractivity contribution is 6.01. The van der Waals surface area contributed by atoms with Gasteiger partial charge < -0.3 is 20.5 Å². The maximum absolute atomic E-state index is 13.8. The number of likely N-dealkylation sites (tertiary alicyclic amines) is 1. The summed E-state index contributed by atoms with van der Waals surface area (Å²) in [6.07, 6.45) is 10.7. The summed E-state index contributed by atoms with van der Waals surface area (Å²) in [4.78, 5) is 49.1. The van der Waals surface area contributed by atoms with Gasteiger partial charge in [-0.25, -0.2) is 4.98 Å². The molecular formula is C27H37N5O3. The lowest BCUT2D eigenvalue weighted by Gasteiger charge is -2.35. The molecular weight excluding hydrogens is 442 g/mol. The molecule has 1 aliphatic carbocycles. The summed E-state index contributed by atoms with van der Waals surface area (Å²) in [5, 5.41) is 6.11. The molecule has 0 unspecified atom stereocenters. The molecule has 1 saturated carbocycles. The van der Waals surface area contributed by atoms with E-state index in [0.29, 0.717) is 24.5 Å². The lowest BCUT2D eigenvalue weighted by atomic mass is 9.83. The fraction of sp³-hybridized carbons (Fsp3) is 0.556. The minimum Gasteiger partial charge on any atom is -0.345 e. The molecule has 1 aromatic carbocycles. The number of hydrogen-bond acceptors (Lipinski definition) is 4. The number of rotatable bonds is 8. The fourth-order valence-electron chi connectivity index (χ4n) is 5.24. The Morgan fingerprint density at radius 1 is 1.11 bits per heavy atom. The van der Waals surface area contributed by atoms with Crippen LogP contribution in [0.15, 0.2) is 36.7 Å². The van der Waals surface area contributed by atoms with Crippen LogP contribution < -0.4 is 10.6 Å². The quantitative estimate of drug-likeness (QED) is 0.529. The molecule has 3 N–H and O–H groups in total. The lowest BCUT2D eigenvalue weighted by molar-refractivity contribution is -0.142. The van der Waals surface area contributed by atoms with E-state index in [1.54, 1.807) is 17.3 Å². The van der Waals surface area contributed by atoms with Gasteiger partial charge >= 0.3 is 0 Å². The Labute approximate surface area is 207 Å². The average Bonchev–Trinajstić information content (AvgIpc) is 3.60. The van der Waals surface area contributed by atoms with Gasteiger partial charge in [-0.15, -0.1) is 0 Å². The van der Waals surface area contributed by atoms with Crippen LogP contribution in [-0.4, -0.2) is 51.2 Å². The largest absolute Gasteiger partial charge is 0.345 e. The zero-order valence-electron chi connectivity index (χ0n) is 20.8. The highest BCUT2D eigenvalue weighted by atomic mass is 16.2. The summed E-state index contributed by atoms with van der Waals surface area (Å²) < 4.78 is 0. The number of nitrogens with zero attached hydrogens (tertiary/aromatic N) is 2. The fourth-order valence-corrected chi connectivity index (χ4v) is 5.24. The number of imidazole rings is 1. The Kier molecular flexibility index (Phi) is 8.21. The molecule has 1 saturated heterocycles. The van der Waals surface area contributed by atoms with E-state index in [1.165, 1.54) is 6.42 Å². The van der Waals surface area contributed by atoms with Crippen LogP contribution in [0, 0.1) is 11.8 Å². The molecule has 35 heavy (non-hydrogen) atoms. The smallest absolute Gasteiger partial charge is 0.247 e. The molecule has 2 aliphatic rings. The predicted octanol–water partition coefficient (Wildman–Crippen LogP) is 4.12. The third-order valence-corrected chi connectivity index (χ3v) is 7.52. The lowest BCUT2D eigenvalue weighted by Crippen LogP contribution is -2.56. The predicted molar refractivity (Wildman–Crippen MR) is 135 cm³/mol. The number of H-pyrrole nitrogens is 1. The second kappa shape index (κ2) is 11.5. The first-order chi connectivity index (χ1) is 17.0. The maximum atomic E-state index is 13.8. The van der Waals surface area contributed by atoms with Gasteiger partial charge in [0, 0.05) is 30.4 Å². The second-order valence-corrected chi connectivity index (χ2v) is 9.86. The van der Waals surface area contributed by atoms with Crippen molar-refractivity contribution in [2.24, 2.45) is 11.8 Å². The van der Waals surface area contributed by atoms with E-state index in [2.05, 4.69) is 20.6 Å². The van der Waals surface area contributed by atoms with Gasteiger partial charge in [0.2, 0.25) is 17.7 Å². The monoisotopic (exact) mass is 479 g/mol. The number of amides is 3. The van der Waals surface area contributed by atoms with E-state index in [4.69, 9.17) is 0 Å². The summed E-state index contributed by atoms with van der Waals surface area (Å²) in [7, 11) is 0. The molecule has 1 aliphatic heterocycles. The third kappa shape index (κ3) is 5.74. The van der Waals surface area contributed by atoms with Gasteiger partial charge in [0.25, 0.3) is 0 Å². The van der Waals surface area contributed by atoms with Crippen LogP contribution >= 0.6 is 0 Å². The summed E-state index contributed by atoms with van der Waals surface area (Å²) in [5.41, 5.74) is 1.45. The van der Waals surface area contributed by atoms with Crippen LogP contribution in [0.25, 0.3) is 11.4 Å². The van der Waals surface area contributed by atoms with E-state index < -0.39 is 12.1 Å². The molecule has 0 bridgehead atoms. The summed E-state index contributed by atoms with van der Waals surface area (Å²) >= 11 is 0. The van der Waals surface area contributed by atoms with E-state index in [1.807, 2.05) is 38.1 Å². The van der Waals surface area contributed by atoms with Crippen LogP contribution in [-0.2, 0) is 14.4 Å². The number of nitrogens with one attached hydrogen (secondary N) is 3. The maximum Gasteiger partial charge on any atom is 0.247 e. The Balaban J connectivity index is 1.51. The number of carbonyl (C=O) groups is 3. The number of anilines is 1. The van der Waals surface area contributed by atoms with Crippen molar-refractivity contribution in [3.05, 3.63) is 36.7 Å². The normalized spacial score (nSPS) is 20.3. The number of benzene rings is 1. The minimum atomic E-state index is -0.569. The number of hydrogen-bond donors (Lipinski definition) is 3. The SMILES string of the molecule is CC[C@@H](C)C(=O)N[C@H](C(=O)N1CCC[C@H]1C(=O)Nc1ccccc1-c1ncc[nH]1)C1CCCCC1. The van der Waals surface area contributed by atoms with E-state index in [-0.39, 0.29) is 29.6 Å². The first-order valence-electron chi connectivity index (χ1n) is 13.0. The van der Waals surface area contributed by atoms with Crippen molar-refractivity contribution in [3.8, 4) is 11.4 Å². The molecule has 188 valence electrons. The van der Waals surface area contributed by atoms with Crippen LogP contribution in [0.4, 0.5) is 5.69 Å². The third-order valence-electron chi connectivity index (χ3n) is 7.52. The highest BCUT2D eigenvalue weighted by Gasteiger charge is 2.41. The van der Waals surface area contributed by atoms with Gasteiger partial charge in [0.1, 0.15) is 17.9 Å². The first kappa shape index (κ1) is 24.9. The number of aromatic nitrogens is 2. The van der Waals surface area contributed by atoms with E-state index >= 15 is 0 Å². The Bertz CT molecular complexity index is 1020. The van der Waals surface area contributed by atoms with E-state index in [9.17, 15) is 14.4 Å². The standard InChI is InChI=1S/C27H37N5O3/c1-3-18(2)25(33)31-23(19-10-5-4-6-11-19)27(35)32-17-9-14-22(32)26(34)30-21-13-8-7-12-20(21)24-28-15-16-29-24/h7-8,12-13,15-16,18-19,22-23H,3-6,9-11,14,17H2,1-2H3,(H,28,29)(H,30,34)(H,31,33)/t18-,22+,23+/m1/s1. The highest BCUT2D eigenvalue weighted by Crippen LogP contribution is 2.31. The Hall–Kier alpha value is -3.16. The van der Waals surface area contributed by atoms with Gasteiger partial charge in [-0.2, -0.15) is 0 Å². The zero-order chi connectivity index (χ0) is 24.8. The van der Waals surface area contributed by atoms with Gasteiger partial charge in [-0.1, -0.05) is 45.2 Å². The molecule has 3 amide bonds. The molecule has 1 aromatic heterocycles. The number of aromatic amines is 1. The molecule has 0 spiro atoms. The zero-order valence-corrected chi connectivity index (χ0v) is 20.8. The molecule has 4 rings (SSSR count). The molecule has 8 heteroatoms. The van der Waals surface area contributed by atoms with Crippen LogP contribution in [0.5, 0.6) is 0 Å². The van der Waals surface area contributed by atoms with E-state index in [0.717, 1.165) is 44.1 Å². The number of para-hydroxylation sites is 1. The first-order valence-corrected chi connectivity index (χ1v) is 13.0. The van der Waals surface area contributed by atoms with Crippen LogP contribution in [0.3, 0.4) is 0 Å². The molecule has 2 fully saturated rings. The van der Waals surface area contributed by atoms with Crippen molar-refractivity contribution in [1.29, 1.82) is 0 Å². The molecule has 3 atom stereocenters. The second-order valence-electron chi connectivity index (χ2n) is 9.86. The van der Waals surface area contributed by atoms with Crippen LogP contribution in [0.1, 0.15) is 65.2 Å². The van der Waals surface area contributed by atoms with Crippen molar-refractivity contribution >= 4 is 23.4 Å². The molecule has 0 radical (unpaired) electrons. The average molecular weight is 480 g/mol. The number of carbonyl (C=O) groups excluding carboxylic acids is 3. The Morgan fingerprint density at radius 3 is 2.60 bits per heavy atom. The van der Waals surface area contributed by atoms with Gasteiger partial charge in [-0.3, -0.25) is 14.4 Å². The van der Waals surface area contributed by atoms with Crippen molar-refractivity contribution < 1.29 is 14.4 Å².